The van der Waals surface area contributed by atoms with Crippen LogP contribution in [0.2, 0.25) is 0 Å². The van der Waals surface area contributed by atoms with Crippen molar-refractivity contribution in [3.05, 3.63) is 35.9 Å². The van der Waals surface area contributed by atoms with Gasteiger partial charge in [0.25, 0.3) is 0 Å². The third-order valence-corrected chi connectivity index (χ3v) is 3.86. The lowest BCUT2D eigenvalue weighted by molar-refractivity contribution is -0.146. The molecule has 0 aromatic heterocycles. The number of carbonyl (C=O) groups excluding carboxylic acids is 1. The number of hydrogen-bond donors (Lipinski definition) is 3. The zero-order valence-electron chi connectivity index (χ0n) is 11.5. The number of carbonyl (C=O) groups is 2. The van der Waals surface area contributed by atoms with E-state index in [2.05, 4.69) is 5.32 Å². The zero-order chi connectivity index (χ0) is 15.0. The van der Waals surface area contributed by atoms with Crippen LogP contribution >= 0.6 is 11.8 Å². The molecular formula is C14H20N2O3S. The maximum atomic E-state index is 11.5. The standard InChI is InChI=1S/C14H20N2O3S/c1-2-6-12(17)16-14(15,13(18)19)10-20-9-11-7-4-3-5-8-11/h3-5,7-8H,2,6,9-10,15H2,1H3,(H,16,17)(H,18,19). The van der Waals surface area contributed by atoms with Gasteiger partial charge in [0.2, 0.25) is 5.91 Å². The summed E-state index contributed by atoms with van der Waals surface area (Å²) in [6, 6.07) is 9.69. The van der Waals surface area contributed by atoms with Crippen LogP contribution in [0.15, 0.2) is 30.3 Å². The molecule has 0 heterocycles. The molecule has 1 aromatic carbocycles. The second-order valence-electron chi connectivity index (χ2n) is 4.55. The molecule has 4 N–H and O–H groups in total. The lowest BCUT2D eigenvalue weighted by Gasteiger charge is -2.25. The van der Waals surface area contributed by atoms with E-state index in [1.54, 1.807) is 0 Å². The monoisotopic (exact) mass is 296 g/mol. The van der Waals surface area contributed by atoms with Gasteiger partial charge in [-0.15, -0.1) is 0 Å². The summed E-state index contributed by atoms with van der Waals surface area (Å²) in [5.74, 6) is -0.788. The molecule has 1 amide bonds. The van der Waals surface area contributed by atoms with Gasteiger partial charge < -0.3 is 10.4 Å². The van der Waals surface area contributed by atoms with Gasteiger partial charge in [-0.2, -0.15) is 11.8 Å². The van der Waals surface area contributed by atoms with E-state index in [1.165, 1.54) is 11.8 Å². The van der Waals surface area contributed by atoms with Gasteiger partial charge in [0.15, 0.2) is 5.66 Å². The van der Waals surface area contributed by atoms with Gasteiger partial charge in [-0.25, -0.2) is 4.79 Å². The summed E-state index contributed by atoms with van der Waals surface area (Å²) >= 11 is 1.38. The third kappa shape index (κ3) is 5.22. The van der Waals surface area contributed by atoms with Gasteiger partial charge in [-0.3, -0.25) is 10.5 Å². The van der Waals surface area contributed by atoms with Crippen molar-refractivity contribution >= 4 is 23.6 Å². The second-order valence-corrected chi connectivity index (χ2v) is 5.54. The van der Waals surface area contributed by atoms with Crippen molar-refractivity contribution in [1.82, 2.24) is 5.32 Å². The van der Waals surface area contributed by atoms with Crippen molar-refractivity contribution < 1.29 is 14.7 Å². The minimum atomic E-state index is -1.72. The van der Waals surface area contributed by atoms with Crippen molar-refractivity contribution in [2.24, 2.45) is 5.73 Å². The number of benzene rings is 1. The quantitative estimate of drug-likeness (QED) is 0.633. The first-order chi connectivity index (χ1) is 9.48. The van der Waals surface area contributed by atoms with E-state index in [0.29, 0.717) is 12.2 Å². The molecule has 0 aliphatic rings. The molecule has 1 rings (SSSR count). The molecule has 0 spiro atoms. The predicted molar refractivity (Wildman–Crippen MR) is 80.2 cm³/mol. The van der Waals surface area contributed by atoms with E-state index < -0.39 is 11.6 Å². The van der Waals surface area contributed by atoms with Crippen molar-refractivity contribution in [3.8, 4) is 0 Å². The zero-order valence-corrected chi connectivity index (χ0v) is 12.3. The minimum absolute atomic E-state index is 0.118. The Kier molecular flexibility index (Phi) is 6.54. The van der Waals surface area contributed by atoms with Crippen molar-refractivity contribution in [1.29, 1.82) is 0 Å². The average molecular weight is 296 g/mol. The molecule has 6 heteroatoms. The first kappa shape index (κ1) is 16.5. The number of nitrogens with one attached hydrogen (secondary N) is 1. The highest BCUT2D eigenvalue weighted by atomic mass is 32.2. The molecule has 0 aliphatic heterocycles. The highest BCUT2D eigenvalue weighted by molar-refractivity contribution is 7.98. The Bertz CT molecular complexity index is 453. The summed E-state index contributed by atoms with van der Waals surface area (Å²) < 4.78 is 0. The summed E-state index contributed by atoms with van der Waals surface area (Å²) in [5, 5.41) is 11.6. The lowest BCUT2D eigenvalue weighted by atomic mass is 10.2. The van der Waals surface area contributed by atoms with Gasteiger partial charge >= 0.3 is 5.97 Å². The van der Waals surface area contributed by atoms with Gasteiger partial charge in [0.1, 0.15) is 0 Å². The van der Waals surface area contributed by atoms with Crippen LogP contribution in [0.1, 0.15) is 25.3 Å². The first-order valence-corrected chi connectivity index (χ1v) is 7.58. The van der Waals surface area contributed by atoms with Crippen molar-refractivity contribution in [2.45, 2.75) is 31.2 Å². The number of carboxylic acid groups (broad SMARTS) is 1. The van der Waals surface area contributed by atoms with E-state index in [0.717, 1.165) is 5.56 Å². The summed E-state index contributed by atoms with van der Waals surface area (Å²) in [5.41, 5.74) is 5.16. The Morgan fingerprint density at radius 2 is 2.00 bits per heavy atom. The van der Waals surface area contributed by atoms with Gasteiger partial charge in [-0.05, 0) is 12.0 Å². The predicted octanol–water partition coefficient (Wildman–Crippen LogP) is 1.58. The van der Waals surface area contributed by atoms with Crippen molar-refractivity contribution in [2.75, 3.05) is 5.75 Å². The van der Waals surface area contributed by atoms with Crippen LogP contribution in [0, 0.1) is 0 Å². The molecule has 0 saturated heterocycles. The Hall–Kier alpha value is -1.53. The van der Waals surface area contributed by atoms with Gasteiger partial charge in [-0.1, -0.05) is 37.3 Å². The molecule has 0 radical (unpaired) electrons. The number of carboxylic acids is 1. The van der Waals surface area contributed by atoms with E-state index in [9.17, 15) is 14.7 Å². The molecule has 0 saturated carbocycles. The number of thioether (sulfide) groups is 1. The molecule has 0 aliphatic carbocycles. The van der Waals surface area contributed by atoms with Crippen LogP contribution in [0.3, 0.4) is 0 Å². The molecule has 1 unspecified atom stereocenters. The van der Waals surface area contributed by atoms with Crippen LogP contribution in [0.4, 0.5) is 0 Å². The Labute approximate surface area is 122 Å². The van der Waals surface area contributed by atoms with Crippen LogP contribution < -0.4 is 11.1 Å². The first-order valence-electron chi connectivity index (χ1n) is 6.43. The van der Waals surface area contributed by atoms with Crippen molar-refractivity contribution in [3.63, 3.8) is 0 Å². The fraction of sp³-hybridized carbons (Fsp3) is 0.429. The van der Waals surface area contributed by atoms with Crippen LogP contribution in [0.5, 0.6) is 0 Å². The molecule has 0 fully saturated rings. The topological polar surface area (TPSA) is 92.4 Å². The van der Waals surface area contributed by atoms with E-state index in [1.807, 2.05) is 37.3 Å². The summed E-state index contributed by atoms with van der Waals surface area (Å²) in [6.45, 7) is 1.85. The fourth-order valence-electron chi connectivity index (χ4n) is 1.59. The molecule has 1 atom stereocenters. The molecule has 0 bridgehead atoms. The molecule has 110 valence electrons. The summed E-state index contributed by atoms with van der Waals surface area (Å²) in [4.78, 5) is 22.8. The summed E-state index contributed by atoms with van der Waals surface area (Å²) in [7, 11) is 0. The number of aliphatic carboxylic acids is 1. The fourth-order valence-corrected chi connectivity index (χ4v) is 2.64. The number of rotatable bonds is 8. The maximum absolute atomic E-state index is 11.5. The largest absolute Gasteiger partial charge is 0.478 e. The Balaban J connectivity index is 2.54. The van der Waals surface area contributed by atoms with E-state index in [-0.39, 0.29) is 18.1 Å². The molecule has 1 aromatic rings. The highest BCUT2D eigenvalue weighted by Gasteiger charge is 2.35. The van der Waals surface area contributed by atoms with Crippen LogP contribution in [-0.4, -0.2) is 28.4 Å². The second kappa shape index (κ2) is 7.91. The minimum Gasteiger partial charge on any atom is -0.478 e. The van der Waals surface area contributed by atoms with Crippen LogP contribution in [-0.2, 0) is 15.3 Å². The highest BCUT2D eigenvalue weighted by Crippen LogP contribution is 2.16. The third-order valence-electron chi connectivity index (χ3n) is 2.66. The van der Waals surface area contributed by atoms with Crippen LogP contribution in [0.25, 0.3) is 0 Å². The maximum Gasteiger partial charge on any atom is 0.345 e. The smallest absolute Gasteiger partial charge is 0.345 e. The molecule has 5 nitrogen and oxygen atoms in total. The van der Waals surface area contributed by atoms with E-state index in [4.69, 9.17) is 5.73 Å². The normalized spacial score (nSPS) is 13.5. The van der Waals surface area contributed by atoms with Gasteiger partial charge in [0, 0.05) is 17.9 Å². The van der Waals surface area contributed by atoms with Gasteiger partial charge in [0.05, 0.1) is 0 Å². The number of nitrogens with two attached hydrogens (primary N) is 1. The molecular weight excluding hydrogens is 276 g/mol. The lowest BCUT2D eigenvalue weighted by Crippen LogP contribution is -2.63. The Morgan fingerprint density at radius 3 is 2.55 bits per heavy atom. The summed E-state index contributed by atoms with van der Waals surface area (Å²) in [6.07, 6.45) is 0.925. The number of hydrogen-bond acceptors (Lipinski definition) is 4. The molecule has 20 heavy (non-hydrogen) atoms. The number of amides is 1. The average Bonchev–Trinajstić information content (AvgIpc) is 2.40. The van der Waals surface area contributed by atoms with E-state index >= 15 is 0 Å². The SMILES string of the molecule is CCCC(=O)NC(N)(CSCc1ccccc1)C(=O)O. The Morgan fingerprint density at radius 1 is 1.35 bits per heavy atom.